The van der Waals surface area contributed by atoms with Crippen LogP contribution in [0.25, 0.3) is 0 Å². The number of methoxy groups -OCH3 is 1. The van der Waals surface area contributed by atoms with Gasteiger partial charge in [-0.1, -0.05) is 0 Å². The lowest BCUT2D eigenvalue weighted by Crippen LogP contribution is -2.40. The molecular formula is C12H16N2O4. The number of carbonyl (C=O) groups is 2. The molecule has 1 heterocycles. The molecule has 0 saturated heterocycles. The molecule has 98 valence electrons. The Bertz CT molecular complexity index is 430. The van der Waals surface area contributed by atoms with Gasteiger partial charge in [0.1, 0.15) is 0 Å². The van der Waals surface area contributed by atoms with E-state index in [2.05, 4.69) is 10.3 Å². The number of aromatic nitrogens is 1. The van der Waals surface area contributed by atoms with Crippen molar-refractivity contribution in [2.24, 2.45) is 5.92 Å². The van der Waals surface area contributed by atoms with Gasteiger partial charge < -0.3 is 15.2 Å². The summed E-state index contributed by atoms with van der Waals surface area (Å²) in [5.41, 5.74) is 0.361. The fraction of sp³-hybridized carbons (Fsp3) is 0.417. The van der Waals surface area contributed by atoms with Crippen molar-refractivity contribution in [1.82, 2.24) is 10.3 Å². The highest BCUT2D eigenvalue weighted by molar-refractivity contribution is 5.94. The molecule has 1 amide bonds. The molecule has 18 heavy (non-hydrogen) atoms. The number of nitrogens with zero attached hydrogens (tertiary/aromatic N) is 1. The highest BCUT2D eigenvalue weighted by Crippen LogP contribution is 2.08. The van der Waals surface area contributed by atoms with E-state index in [0.717, 1.165) is 0 Å². The third kappa shape index (κ3) is 3.44. The lowest BCUT2D eigenvalue weighted by atomic mass is 10.0. The van der Waals surface area contributed by atoms with Crippen molar-refractivity contribution in [1.29, 1.82) is 0 Å². The summed E-state index contributed by atoms with van der Waals surface area (Å²) in [5, 5.41) is 11.4. The van der Waals surface area contributed by atoms with E-state index in [1.54, 1.807) is 26.0 Å². The highest BCUT2D eigenvalue weighted by atomic mass is 16.5. The average molecular weight is 252 g/mol. The van der Waals surface area contributed by atoms with Gasteiger partial charge in [0.05, 0.1) is 18.6 Å². The first kappa shape index (κ1) is 14.0. The monoisotopic (exact) mass is 252 g/mol. The van der Waals surface area contributed by atoms with Gasteiger partial charge in [0, 0.05) is 18.3 Å². The molecule has 1 aromatic rings. The molecule has 0 radical (unpaired) electrons. The minimum absolute atomic E-state index is 0.356. The van der Waals surface area contributed by atoms with Crippen molar-refractivity contribution in [3.63, 3.8) is 0 Å². The molecule has 6 nitrogen and oxygen atoms in total. The molecule has 0 spiro atoms. The van der Waals surface area contributed by atoms with E-state index in [9.17, 15) is 9.59 Å². The standard InChI is InChI=1S/C12H16N2O4/c1-7(12(16)17)8(2)14-11(15)9-4-5-10(18-3)13-6-9/h4-8H,1-3H3,(H,14,15)(H,16,17). The fourth-order valence-electron chi connectivity index (χ4n) is 1.26. The second-order valence-electron chi connectivity index (χ2n) is 3.98. The maximum absolute atomic E-state index is 11.8. The summed E-state index contributed by atoms with van der Waals surface area (Å²) >= 11 is 0. The molecule has 0 aliphatic rings. The predicted octanol–water partition coefficient (Wildman–Crippen LogP) is 0.929. The number of carboxylic acid groups (broad SMARTS) is 1. The van der Waals surface area contributed by atoms with E-state index in [1.165, 1.54) is 13.3 Å². The van der Waals surface area contributed by atoms with Crippen molar-refractivity contribution >= 4 is 11.9 Å². The van der Waals surface area contributed by atoms with Crippen molar-refractivity contribution in [3.05, 3.63) is 23.9 Å². The number of hydrogen-bond acceptors (Lipinski definition) is 4. The van der Waals surface area contributed by atoms with Crippen LogP contribution in [0, 0.1) is 5.92 Å². The maximum atomic E-state index is 11.8. The molecule has 2 atom stereocenters. The zero-order valence-corrected chi connectivity index (χ0v) is 10.5. The Balaban J connectivity index is 2.67. The number of carbonyl (C=O) groups excluding carboxylic acids is 1. The molecule has 0 aliphatic carbocycles. The molecule has 1 rings (SSSR count). The van der Waals surface area contributed by atoms with Crippen LogP contribution in [0.15, 0.2) is 18.3 Å². The molecule has 1 aromatic heterocycles. The number of carboxylic acids is 1. The van der Waals surface area contributed by atoms with Gasteiger partial charge in [-0.15, -0.1) is 0 Å². The first-order valence-electron chi connectivity index (χ1n) is 5.49. The summed E-state index contributed by atoms with van der Waals surface area (Å²) in [5.74, 6) is -1.54. The quantitative estimate of drug-likeness (QED) is 0.813. The van der Waals surface area contributed by atoms with Crippen LogP contribution in [0.2, 0.25) is 0 Å². The van der Waals surface area contributed by atoms with E-state index in [4.69, 9.17) is 9.84 Å². The first-order valence-corrected chi connectivity index (χ1v) is 5.49. The Kier molecular flexibility index (Phi) is 4.65. The molecule has 0 aliphatic heterocycles. The summed E-state index contributed by atoms with van der Waals surface area (Å²) in [6, 6.07) is 2.68. The molecule has 0 saturated carbocycles. The van der Waals surface area contributed by atoms with Crippen LogP contribution in [0.1, 0.15) is 24.2 Å². The van der Waals surface area contributed by atoms with Crippen LogP contribution in [0.5, 0.6) is 5.88 Å². The molecule has 6 heteroatoms. The summed E-state index contributed by atoms with van der Waals surface area (Å²) in [6.45, 7) is 3.19. The van der Waals surface area contributed by atoms with Crippen LogP contribution in [-0.4, -0.2) is 35.1 Å². The van der Waals surface area contributed by atoms with Crippen LogP contribution in [0.3, 0.4) is 0 Å². The van der Waals surface area contributed by atoms with E-state index in [1.807, 2.05) is 0 Å². The normalized spacial score (nSPS) is 13.5. The smallest absolute Gasteiger partial charge is 0.308 e. The lowest BCUT2D eigenvalue weighted by molar-refractivity contribution is -0.141. The zero-order valence-electron chi connectivity index (χ0n) is 10.5. The third-order valence-corrected chi connectivity index (χ3v) is 2.71. The SMILES string of the molecule is COc1ccc(C(=O)NC(C)C(C)C(=O)O)cn1. The van der Waals surface area contributed by atoms with Crippen LogP contribution >= 0.6 is 0 Å². The molecule has 0 fully saturated rings. The van der Waals surface area contributed by atoms with Crippen molar-refractivity contribution in [3.8, 4) is 5.88 Å². The third-order valence-electron chi connectivity index (χ3n) is 2.71. The van der Waals surface area contributed by atoms with E-state index >= 15 is 0 Å². The maximum Gasteiger partial charge on any atom is 0.308 e. The number of aliphatic carboxylic acids is 1. The van der Waals surface area contributed by atoms with Gasteiger partial charge in [0.15, 0.2) is 0 Å². The van der Waals surface area contributed by atoms with Crippen LogP contribution in [-0.2, 0) is 4.79 Å². The number of pyridine rings is 1. The number of rotatable bonds is 5. The van der Waals surface area contributed by atoms with Gasteiger partial charge in [-0.05, 0) is 19.9 Å². The van der Waals surface area contributed by atoms with Crippen molar-refractivity contribution < 1.29 is 19.4 Å². The highest BCUT2D eigenvalue weighted by Gasteiger charge is 2.21. The minimum Gasteiger partial charge on any atom is -0.481 e. The number of nitrogens with one attached hydrogen (secondary N) is 1. The van der Waals surface area contributed by atoms with Gasteiger partial charge in [-0.25, -0.2) is 4.98 Å². The second kappa shape index (κ2) is 6.00. The molecule has 0 aromatic carbocycles. The molecule has 2 N–H and O–H groups in total. The predicted molar refractivity (Wildman–Crippen MR) is 64.5 cm³/mol. The number of hydrogen-bond donors (Lipinski definition) is 2. The number of amides is 1. The van der Waals surface area contributed by atoms with Crippen LogP contribution in [0.4, 0.5) is 0 Å². The molecule has 0 bridgehead atoms. The zero-order chi connectivity index (χ0) is 13.7. The summed E-state index contributed by atoms with van der Waals surface area (Å²) in [7, 11) is 1.48. The minimum atomic E-state index is -0.948. The van der Waals surface area contributed by atoms with E-state index < -0.39 is 17.9 Å². The Labute approximate surface area is 105 Å². The largest absolute Gasteiger partial charge is 0.481 e. The Morgan fingerprint density at radius 1 is 1.39 bits per heavy atom. The molecular weight excluding hydrogens is 236 g/mol. The lowest BCUT2D eigenvalue weighted by Gasteiger charge is -2.17. The Morgan fingerprint density at radius 2 is 2.06 bits per heavy atom. The van der Waals surface area contributed by atoms with Crippen molar-refractivity contribution in [2.75, 3.05) is 7.11 Å². The molecule has 2 unspecified atom stereocenters. The summed E-state index contributed by atoms with van der Waals surface area (Å²) < 4.78 is 4.88. The average Bonchev–Trinajstić information content (AvgIpc) is 2.37. The first-order chi connectivity index (χ1) is 8.45. The van der Waals surface area contributed by atoms with Gasteiger partial charge in [0.2, 0.25) is 5.88 Å². The fourth-order valence-corrected chi connectivity index (χ4v) is 1.26. The van der Waals surface area contributed by atoms with E-state index in [-0.39, 0.29) is 5.91 Å². The van der Waals surface area contributed by atoms with Crippen LogP contribution < -0.4 is 10.1 Å². The summed E-state index contributed by atoms with van der Waals surface area (Å²) in [4.78, 5) is 26.5. The van der Waals surface area contributed by atoms with Gasteiger partial charge in [-0.2, -0.15) is 0 Å². The number of ether oxygens (including phenoxy) is 1. The van der Waals surface area contributed by atoms with Gasteiger partial charge in [0.25, 0.3) is 5.91 Å². The van der Waals surface area contributed by atoms with E-state index in [0.29, 0.717) is 11.4 Å². The second-order valence-corrected chi connectivity index (χ2v) is 3.98. The van der Waals surface area contributed by atoms with Gasteiger partial charge >= 0.3 is 5.97 Å². The van der Waals surface area contributed by atoms with Gasteiger partial charge in [-0.3, -0.25) is 9.59 Å². The topological polar surface area (TPSA) is 88.5 Å². The summed E-state index contributed by atoms with van der Waals surface area (Å²) in [6.07, 6.45) is 1.38. The Morgan fingerprint density at radius 3 is 2.50 bits per heavy atom. The Hall–Kier alpha value is -2.11. The van der Waals surface area contributed by atoms with Crippen molar-refractivity contribution in [2.45, 2.75) is 19.9 Å².